The van der Waals surface area contributed by atoms with Gasteiger partial charge in [-0.1, -0.05) is 0 Å². The van der Waals surface area contributed by atoms with Crippen molar-refractivity contribution in [3.8, 4) is 0 Å². The lowest BCUT2D eigenvalue weighted by Gasteiger charge is -2.26. The molecule has 0 aliphatic carbocycles. The number of unbranched alkanes of at least 4 members (excludes halogenated alkanes) is 1. The van der Waals surface area contributed by atoms with Gasteiger partial charge >= 0.3 is 17.2 Å². The average Bonchev–Trinajstić information content (AvgIpc) is 2.66. The Morgan fingerprint density at radius 1 is 1.04 bits per heavy atom. The zero-order valence-electron chi connectivity index (χ0n) is 16.5. The third-order valence-corrected chi connectivity index (χ3v) is 4.90. The van der Waals surface area contributed by atoms with Crippen molar-refractivity contribution in [1.29, 1.82) is 0 Å². The highest BCUT2D eigenvalue weighted by atomic mass is 32.2. The fraction of sp³-hybridized carbons (Fsp3) is 0.778. The summed E-state index contributed by atoms with van der Waals surface area (Å²) >= 11 is 0.681. The first-order valence-electron chi connectivity index (χ1n) is 9.33. The van der Waals surface area contributed by atoms with E-state index < -0.39 is 29.3 Å². The third-order valence-electron chi connectivity index (χ3n) is 3.98. The number of esters is 2. The molecule has 0 radical (unpaired) electrons. The molecule has 0 aromatic heterocycles. The van der Waals surface area contributed by atoms with Gasteiger partial charge in [-0.05, 0) is 38.1 Å². The second-order valence-electron chi connectivity index (χ2n) is 6.26. The zero-order valence-corrected chi connectivity index (χ0v) is 17.3. The molecule has 10 heteroatoms. The average molecular weight is 419 g/mol. The molecule has 0 saturated carbocycles. The number of nitrogens with zero attached hydrogens (tertiary/aromatic N) is 1. The van der Waals surface area contributed by atoms with Gasteiger partial charge in [0, 0.05) is 26.4 Å². The molecule has 1 saturated heterocycles. The zero-order chi connectivity index (χ0) is 20.8. The molecular weight excluding hydrogens is 390 g/mol. The Morgan fingerprint density at radius 3 is 2.43 bits per heavy atom. The molecule has 0 spiro atoms. The van der Waals surface area contributed by atoms with Crippen molar-refractivity contribution in [2.75, 3.05) is 46.2 Å². The number of ether oxygens (including phenoxy) is 4. The van der Waals surface area contributed by atoms with Crippen molar-refractivity contribution in [3.05, 3.63) is 0 Å². The summed E-state index contributed by atoms with van der Waals surface area (Å²) in [5, 5.41) is -1.38. The van der Waals surface area contributed by atoms with Crippen molar-refractivity contribution < 1.29 is 38.1 Å². The fourth-order valence-corrected chi connectivity index (χ4v) is 3.01. The van der Waals surface area contributed by atoms with Crippen LogP contribution in [0.5, 0.6) is 0 Å². The molecule has 0 bridgehead atoms. The van der Waals surface area contributed by atoms with Crippen LogP contribution < -0.4 is 0 Å². The molecule has 1 rings (SSSR count). The van der Waals surface area contributed by atoms with Crippen LogP contribution in [0.3, 0.4) is 0 Å². The number of carbonyl (C=O) groups is 4. The van der Waals surface area contributed by atoms with Gasteiger partial charge in [0.25, 0.3) is 0 Å². The number of morpholine rings is 1. The topological polar surface area (TPSA) is 108 Å². The molecule has 28 heavy (non-hydrogen) atoms. The summed E-state index contributed by atoms with van der Waals surface area (Å²) in [6.07, 6.45) is 1.69. The predicted octanol–water partition coefficient (Wildman–Crippen LogP) is 1.77. The standard InChI is InChI=1S/C18H29NO8S/c1-14(28-18(23)27-13-26-15(2)20)16(21)5-6-17(22)25-10-4-3-7-19-8-11-24-12-9-19/h14H,3-13H2,1-2H3. The van der Waals surface area contributed by atoms with E-state index in [4.69, 9.17) is 9.47 Å². The number of carbonyl (C=O) groups excluding carboxylic acids is 4. The third kappa shape index (κ3) is 11.9. The minimum absolute atomic E-state index is 0.00198. The first-order chi connectivity index (χ1) is 13.4. The number of thioether (sulfide) groups is 1. The molecule has 0 amide bonds. The summed E-state index contributed by atoms with van der Waals surface area (Å²) in [6, 6.07) is 0. The monoisotopic (exact) mass is 419 g/mol. The van der Waals surface area contributed by atoms with Gasteiger partial charge < -0.3 is 18.9 Å². The second kappa shape index (κ2) is 14.4. The van der Waals surface area contributed by atoms with Crippen molar-refractivity contribution in [2.45, 2.75) is 44.8 Å². The van der Waals surface area contributed by atoms with Crippen LogP contribution in [0.2, 0.25) is 0 Å². The van der Waals surface area contributed by atoms with Crippen molar-refractivity contribution in [3.63, 3.8) is 0 Å². The summed E-state index contributed by atoms with van der Waals surface area (Å²) in [4.78, 5) is 48.1. The summed E-state index contributed by atoms with van der Waals surface area (Å²) in [6.45, 7) is 6.97. The maximum atomic E-state index is 12.0. The Balaban J connectivity index is 2.05. The Kier molecular flexibility index (Phi) is 12.5. The van der Waals surface area contributed by atoms with Crippen LogP contribution in [-0.4, -0.2) is 79.4 Å². The Morgan fingerprint density at radius 2 is 1.75 bits per heavy atom. The van der Waals surface area contributed by atoms with Gasteiger partial charge in [0.2, 0.25) is 6.79 Å². The van der Waals surface area contributed by atoms with E-state index in [1.807, 2.05) is 0 Å². The first-order valence-corrected chi connectivity index (χ1v) is 10.2. The van der Waals surface area contributed by atoms with Crippen LogP contribution >= 0.6 is 11.8 Å². The number of Topliss-reactive ketones (excluding diaryl/α,β-unsaturated/α-hetero) is 1. The van der Waals surface area contributed by atoms with Gasteiger partial charge in [-0.3, -0.25) is 19.3 Å². The molecule has 0 aromatic carbocycles. The van der Waals surface area contributed by atoms with Crippen LogP contribution in [0, 0.1) is 0 Å². The van der Waals surface area contributed by atoms with Crippen molar-refractivity contribution in [1.82, 2.24) is 4.90 Å². The highest BCUT2D eigenvalue weighted by Gasteiger charge is 2.20. The predicted molar refractivity (Wildman–Crippen MR) is 102 cm³/mol. The quantitative estimate of drug-likeness (QED) is 0.264. The molecule has 9 nitrogen and oxygen atoms in total. The van der Waals surface area contributed by atoms with E-state index in [-0.39, 0.29) is 18.6 Å². The lowest BCUT2D eigenvalue weighted by molar-refractivity contribution is -0.148. The molecule has 1 heterocycles. The van der Waals surface area contributed by atoms with E-state index in [1.165, 1.54) is 6.92 Å². The summed E-state index contributed by atoms with van der Waals surface area (Å²) in [5.74, 6) is -1.24. The minimum atomic E-state index is -0.718. The van der Waals surface area contributed by atoms with E-state index >= 15 is 0 Å². The maximum absolute atomic E-state index is 12.0. The van der Waals surface area contributed by atoms with E-state index in [0.29, 0.717) is 18.4 Å². The van der Waals surface area contributed by atoms with Gasteiger partial charge in [0.1, 0.15) is 5.78 Å². The van der Waals surface area contributed by atoms with Crippen LogP contribution in [0.25, 0.3) is 0 Å². The lowest BCUT2D eigenvalue weighted by Crippen LogP contribution is -2.36. The molecular formula is C18H29NO8S. The summed E-state index contributed by atoms with van der Waals surface area (Å²) in [5.41, 5.74) is 0. The lowest BCUT2D eigenvalue weighted by atomic mass is 10.2. The fourth-order valence-electron chi connectivity index (χ4n) is 2.35. The molecule has 1 aliphatic heterocycles. The largest absolute Gasteiger partial charge is 0.466 e. The van der Waals surface area contributed by atoms with E-state index in [2.05, 4.69) is 14.4 Å². The van der Waals surface area contributed by atoms with Crippen LogP contribution in [0.15, 0.2) is 0 Å². The normalized spacial score (nSPS) is 15.5. The first kappa shape index (κ1) is 24.4. The molecule has 1 atom stereocenters. The van der Waals surface area contributed by atoms with E-state index in [1.54, 1.807) is 6.92 Å². The summed E-state index contributed by atoms with van der Waals surface area (Å²) < 4.78 is 19.5. The number of hydrogen-bond acceptors (Lipinski definition) is 10. The highest BCUT2D eigenvalue weighted by molar-refractivity contribution is 8.14. The maximum Gasteiger partial charge on any atom is 0.370 e. The molecule has 1 unspecified atom stereocenters. The van der Waals surface area contributed by atoms with Crippen LogP contribution in [-0.2, 0) is 33.3 Å². The van der Waals surface area contributed by atoms with Crippen molar-refractivity contribution in [2.24, 2.45) is 0 Å². The van der Waals surface area contributed by atoms with E-state index in [9.17, 15) is 19.2 Å². The Labute approximate surface area is 169 Å². The molecule has 1 fully saturated rings. The van der Waals surface area contributed by atoms with Gasteiger partial charge in [0.05, 0.1) is 31.5 Å². The molecule has 0 N–H and O–H groups in total. The molecule has 0 aromatic rings. The molecule has 160 valence electrons. The van der Waals surface area contributed by atoms with Crippen molar-refractivity contribution >= 4 is 34.8 Å². The van der Waals surface area contributed by atoms with Gasteiger partial charge in [0.15, 0.2) is 0 Å². The SMILES string of the molecule is CC(=O)OCOC(=O)SC(C)C(=O)CCC(=O)OCCCCN1CCOCC1. The van der Waals surface area contributed by atoms with Gasteiger partial charge in [-0.2, -0.15) is 0 Å². The number of hydrogen-bond donors (Lipinski definition) is 0. The van der Waals surface area contributed by atoms with Gasteiger partial charge in [-0.15, -0.1) is 0 Å². The number of ketones is 1. The smallest absolute Gasteiger partial charge is 0.370 e. The Hall–Kier alpha value is -1.65. The van der Waals surface area contributed by atoms with E-state index in [0.717, 1.165) is 45.7 Å². The molecule has 1 aliphatic rings. The second-order valence-corrected chi connectivity index (χ2v) is 7.53. The summed E-state index contributed by atoms with van der Waals surface area (Å²) in [7, 11) is 0. The highest BCUT2D eigenvalue weighted by Crippen LogP contribution is 2.17. The number of rotatable bonds is 12. The van der Waals surface area contributed by atoms with Crippen LogP contribution in [0.1, 0.15) is 39.5 Å². The van der Waals surface area contributed by atoms with Gasteiger partial charge in [-0.25, -0.2) is 4.79 Å². The Bertz CT molecular complexity index is 522. The minimum Gasteiger partial charge on any atom is -0.466 e. The van der Waals surface area contributed by atoms with Crippen LogP contribution in [0.4, 0.5) is 4.79 Å².